The summed E-state index contributed by atoms with van der Waals surface area (Å²) >= 11 is 0. The van der Waals surface area contributed by atoms with Crippen molar-refractivity contribution in [3.05, 3.63) is 24.0 Å². The van der Waals surface area contributed by atoms with Crippen molar-refractivity contribution in [2.45, 2.75) is 40.3 Å². The molecule has 0 bridgehead atoms. The first kappa shape index (κ1) is 14.3. The first-order chi connectivity index (χ1) is 8.24. The Morgan fingerprint density at radius 3 is 2.88 bits per heavy atom. The highest BCUT2D eigenvalue weighted by molar-refractivity contribution is 5.06. The molecule has 0 spiro atoms. The fourth-order valence-electron chi connectivity index (χ4n) is 1.73. The fraction of sp³-hybridized carbons (Fsp3) is 0.714. The van der Waals surface area contributed by atoms with E-state index in [1.54, 1.807) is 0 Å². The lowest BCUT2D eigenvalue weighted by Gasteiger charge is -2.11. The lowest BCUT2D eigenvalue weighted by atomic mass is 10.2. The summed E-state index contributed by atoms with van der Waals surface area (Å²) in [5, 5.41) is 3.47. The maximum atomic E-state index is 5.51. The van der Waals surface area contributed by atoms with Gasteiger partial charge >= 0.3 is 0 Å². The van der Waals surface area contributed by atoms with Crippen LogP contribution in [0, 0.1) is 5.92 Å². The van der Waals surface area contributed by atoms with Crippen LogP contribution in [0.1, 0.15) is 32.9 Å². The van der Waals surface area contributed by atoms with E-state index in [1.165, 1.54) is 5.69 Å². The van der Waals surface area contributed by atoms with Crippen LogP contribution < -0.4 is 5.32 Å². The van der Waals surface area contributed by atoms with Gasteiger partial charge in [-0.05, 0) is 31.0 Å². The molecule has 98 valence electrons. The van der Waals surface area contributed by atoms with E-state index in [1.807, 2.05) is 0 Å². The normalized spacial score (nSPS) is 11.3. The molecule has 0 radical (unpaired) electrons. The molecule has 0 saturated carbocycles. The van der Waals surface area contributed by atoms with Crippen molar-refractivity contribution in [1.29, 1.82) is 0 Å². The van der Waals surface area contributed by atoms with Crippen LogP contribution in [0.4, 0.5) is 0 Å². The molecule has 17 heavy (non-hydrogen) atoms. The second-order valence-electron chi connectivity index (χ2n) is 4.83. The summed E-state index contributed by atoms with van der Waals surface area (Å²) < 4.78 is 7.78. The average Bonchev–Trinajstić information content (AvgIpc) is 2.72. The number of ether oxygens (including phenoxy) is 1. The predicted octanol–water partition coefficient (Wildman–Crippen LogP) is 2.66. The quantitative estimate of drug-likeness (QED) is 0.669. The van der Waals surface area contributed by atoms with Gasteiger partial charge in [-0.2, -0.15) is 0 Å². The number of nitrogens with one attached hydrogen (secondary N) is 1. The summed E-state index contributed by atoms with van der Waals surface area (Å²) in [6.07, 6.45) is 3.22. The van der Waals surface area contributed by atoms with Crippen molar-refractivity contribution in [3.63, 3.8) is 0 Å². The molecule has 1 aromatic rings. The molecule has 1 aromatic heterocycles. The minimum Gasteiger partial charge on any atom is -0.380 e. The van der Waals surface area contributed by atoms with Crippen LogP contribution >= 0.6 is 0 Å². The van der Waals surface area contributed by atoms with Crippen LogP contribution in [0.5, 0.6) is 0 Å². The Morgan fingerprint density at radius 1 is 1.35 bits per heavy atom. The van der Waals surface area contributed by atoms with Gasteiger partial charge in [0.15, 0.2) is 0 Å². The molecule has 0 atom stereocenters. The Bertz CT molecular complexity index is 294. The predicted molar refractivity (Wildman–Crippen MR) is 72.1 cm³/mol. The number of hydrogen-bond donors (Lipinski definition) is 1. The largest absolute Gasteiger partial charge is 0.380 e. The standard InChI is InChI=1S/C14H26N2O/c1-4-9-17-10-8-16-7-5-6-14(16)12-15-11-13(2)3/h5-7,13,15H,4,8-12H2,1-3H3. The van der Waals surface area contributed by atoms with Crippen LogP contribution in [-0.4, -0.2) is 24.3 Å². The Morgan fingerprint density at radius 2 is 2.18 bits per heavy atom. The Balaban J connectivity index is 2.27. The first-order valence-electron chi connectivity index (χ1n) is 6.66. The Hall–Kier alpha value is -0.800. The molecule has 1 heterocycles. The van der Waals surface area contributed by atoms with Gasteiger partial charge in [0.25, 0.3) is 0 Å². The molecule has 3 heteroatoms. The van der Waals surface area contributed by atoms with Crippen LogP contribution in [0.25, 0.3) is 0 Å². The fourth-order valence-corrected chi connectivity index (χ4v) is 1.73. The third kappa shape index (κ3) is 5.89. The molecule has 0 amide bonds. The Kier molecular flexibility index (Phi) is 6.97. The molecule has 0 aliphatic heterocycles. The van der Waals surface area contributed by atoms with Crippen molar-refractivity contribution < 1.29 is 4.74 Å². The highest BCUT2D eigenvalue weighted by Crippen LogP contribution is 2.02. The van der Waals surface area contributed by atoms with Gasteiger partial charge in [0.1, 0.15) is 0 Å². The maximum Gasteiger partial charge on any atom is 0.0645 e. The van der Waals surface area contributed by atoms with E-state index in [-0.39, 0.29) is 0 Å². The van der Waals surface area contributed by atoms with E-state index >= 15 is 0 Å². The summed E-state index contributed by atoms with van der Waals surface area (Å²) in [7, 11) is 0. The molecule has 0 saturated heterocycles. The van der Waals surface area contributed by atoms with Gasteiger partial charge in [-0.3, -0.25) is 0 Å². The molecule has 0 aliphatic carbocycles. The minimum absolute atomic E-state index is 0.700. The summed E-state index contributed by atoms with van der Waals surface area (Å²) in [5.74, 6) is 0.700. The molecule has 0 aliphatic rings. The van der Waals surface area contributed by atoms with Crippen molar-refractivity contribution in [1.82, 2.24) is 9.88 Å². The zero-order valence-corrected chi connectivity index (χ0v) is 11.4. The highest BCUT2D eigenvalue weighted by Gasteiger charge is 2.01. The third-order valence-corrected chi connectivity index (χ3v) is 2.61. The van der Waals surface area contributed by atoms with E-state index in [0.717, 1.165) is 39.3 Å². The molecular formula is C14H26N2O. The van der Waals surface area contributed by atoms with E-state index in [0.29, 0.717) is 5.92 Å². The summed E-state index contributed by atoms with van der Waals surface area (Å²) in [6.45, 7) is 11.2. The van der Waals surface area contributed by atoms with E-state index < -0.39 is 0 Å². The molecule has 0 fully saturated rings. The van der Waals surface area contributed by atoms with Gasteiger partial charge in [-0.15, -0.1) is 0 Å². The van der Waals surface area contributed by atoms with E-state index in [9.17, 15) is 0 Å². The minimum atomic E-state index is 0.700. The summed E-state index contributed by atoms with van der Waals surface area (Å²) in [6, 6.07) is 4.28. The van der Waals surface area contributed by atoms with Gasteiger partial charge in [-0.25, -0.2) is 0 Å². The van der Waals surface area contributed by atoms with Gasteiger partial charge in [-0.1, -0.05) is 20.8 Å². The van der Waals surface area contributed by atoms with Crippen LogP contribution in [0.15, 0.2) is 18.3 Å². The van der Waals surface area contributed by atoms with Crippen LogP contribution in [0.3, 0.4) is 0 Å². The van der Waals surface area contributed by atoms with Gasteiger partial charge in [0, 0.05) is 31.6 Å². The average molecular weight is 238 g/mol. The third-order valence-electron chi connectivity index (χ3n) is 2.61. The van der Waals surface area contributed by atoms with Crippen molar-refractivity contribution in [3.8, 4) is 0 Å². The number of nitrogens with zero attached hydrogens (tertiary/aromatic N) is 1. The van der Waals surface area contributed by atoms with Gasteiger partial charge in [0.05, 0.1) is 6.61 Å². The lowest BCUT2D eigenvalue weighted by Crippen LogP contribution is -2.21. The summed E-state index contributed by atoms with van der Waals surface area (Å²) in [5.41, 5.74) is 1.34. The molecular weight excluding hydrogens is 212 g/mol. The zero-order chi connectivity index (χ0) is 12.5. The first-order valence-corrected chi connectivity index (χ1v) is 6.66. The van der Waals surface area contributed by atoms with Crippen molar-refractivity contribution >= 4 is 0 Å². The van der Waals surface area contributed by atoms with E-state index in [4.69, 9.17) is 4.74 Å². The SMILES string of the molecule is CCCOCCn1cccc1CNCC(C)C. The molecule has 0 unspecified atom stereocenters. The number of rotatable bonds is 9. The number of aromatic nitrogens is 1. The van der Waals surface area contributed by atoms with Crippen molar-refractivity contribution in [2.75, 3.05) is 19.8 Å². The molecule has 0 aromatic carbocycles. The zero-order valence-electron chi connectivity index (χ0n) is 11.4. The second kappa shape index (κ2) is 8.31. The smallest absolute Gasteiger partial charge is 0.0645 e. The molecule has 3 nitrogen and oxygen atoms in total. The highest BCUT2D eigenvalue weighted by atomic mass is 16.5. The molecule has 1 N–H and O–H groups in total. The maximum absolute atomic E-state index is 5.51. The molecule has 1 rings (SSSR count). The van der Waals surface area contributed by atoms with Crippen molar-refractivity contribution in [2.24, 2.45) is 5.92 Å². The monoisotopic (exact) mass is 238 g/mol. The second-order valence-corrected chi connectivity index (χ2v) is 4.83. The van der Waals surface area contributed by atoms with E-state index in [2.05, 4.69) is 49.0 Å². The summed E-state index contributed by atoms with van der Waals surface area (Å²) in [4.78, 5) is 0. The van der Waals surface area contributed by atoms with Gasteiger partial charge < -0.3 is 14.6 Å². The van der Waals surface area contributed by atoms with Crippen LogP contribution in [0.2, 0.25) is 0 Å². The van der Waals surface area contributed by atoms with Crippen LogP contribution in [-0.2, 0) is 17.8 Å². The lowest BCUT2D eigenvalue weighted by molar-refractivity contribution is 0.126. The number of hydrogen-bond acceptors (Lipinski definition) is 2. The Labute approximate surface area is 105 Å². The van der Waals surface area contributed by atoms with Gasteiger partial charge in [0.2, 0.25) is 0 Å². The topological polar surface area (TPSA) is 26.2 Å².